The molecule has 1 aromatic carbocycles. The van der Waals surface area contributed by atoms with E-state index in [2.05, 4.69) is 55.1 Å². The number of guanidine groups is 1. The summed E-state index contributed by atoms with van der Waals surface area (Å²) in [4.78, 5) is 29.6. The molecule has 1 aliphatic carbocycles. The number of amides is 1. The van der Waals surface area contributed by atoms with Crippen LogP contribution in [0.3, 0.4) is 0 Å². The van der Waals surface area contributed by atoms with E-state index in [1.165, 1.54) is 16.8 Å². The molecule has 2 saturated heterocycles. The van der Waals surface area contributed by atoms with E-state index in [0.717, 1.165) is 31.0 Å². The van der Waals surface area contributed by atoms with Gasteiger partial charge >= 0.3 is 0 Å². The van der Waals surface area contributed by atoms with E-state index < -0.39 is 18.3 Å². The van der Waals surface area contributed by atoms with Gasteiger partial charge in [-0.15, -0.1) is 0 Å². The number of ether oxygens (including phenoxy) is 1. The molecule has 10 heteroatoms. The first-order valence-corrected chi connectivity index (χ1v) is 15.3. The highest BCUT2D eigenvalue weighted by Gasteiger charge is 2.47. The van der Waals surface area contributed by atoms with Gasteiger partial charge in [0.1, 0.15) is 12.3 Å². The molecule has 1 amide bonds. The van der Waals surface area contributed by atoms with Crippen LogP contribution < -0.4 is 15.1 Å². The molecule has 3 unspecified atom stereocenters. The zero-order valence-electron chi connectivity index (χ0n) is 24.6. The second-order valence-corrected chi connectivity index (χ2v) is 12.3. The van der Waals surface area contributed by atoms with Crippen LogP contribution in [-0.2, 0) is 16.1 Å². The maximum Gasteiger partial charge on any atom is 0.231 e. The number of pyridine rings is 1. The van der Waals surface area contributed by atoms with E-state index in [1.807, 2.05) is 19.1 Å². The van der Waals surface area contributed by atoms with Crippen molar-refractivity contribution in [1.82, 2.24) is 15.2 Å². The quantitative estimate of drug-likeness (QED) is 0.556. The molecule has 4 aliphatic rings. The number of hydrogen-bond donors (Lipinski definition) is 1. The Balaban J connectivity index is 1.19. The minimum Gasteiger partial charge on any atom is -0.378 e. The minimum atomic E-state index is -1.24. The molecule has 0 spiro atoms. The topological polar surface area (TPSA) is 73.3 Å². The van der Waals surface area contributed by atoms with Crippen LogP contribution in [0.25, 0.3) is 0 Å². The zero-order chi connectivity index (χ0) is 29.2. The largest absolute Gasteiger partial charge is 0.378 e. The monoisotopic (exact) mass is 580 g/mol. The van der Waals surface area contributed by atoms with Crippen LogP contribution in [-0.4, -0.2) is 86.6 Å². The number of benzene rings is 1. The lowest BCUT2D eigenvalue weighted by Crippen LogP contribution is -2.47. The van der Waals surface area contributed by atoms with E-state index in [4.69, 9.17) is 4.74 Å². The summed E-state index contributed by atoms with van der Waals surface area (Å²) in [6.07, 6.45) is 0.160. The number of aryl methyl sites for hydroxylation is 2. The van der Waals surface area contributed by atoms with Gasteiger partial charge in [0, 0.05) is 69.0 Å². The van der Waals surface area contributed by atoms with E-state index in [0.29, 0.717) is 58.2 Å². The molecule has 8 nitrogen and oxygen atoms in total. The number of morpholine rings is 1. The van der Waals surface area contributed by atoms with Crippen molar-refractivity contribution >= 4 is 23.2 Å². The third kappa shape index (κ3) is 6.23. The molecule has 42 heavy (non-hydrogen) atoms. The van der Waals surface area contributed by atoms with Gasteiger partial charge in [0.15, 0.2) is 0 Å². The predicted octanol–water partition coefficient (Wildman–Crippen LogP) is 4.05. The van der Waals surface area contributed by atoms with Crippen LogP contribution in [0.15, 0.2) is 41.5 Å². The molecular formula is C32H42F2N6O2. The first-order valence-electron chi connectivity index (χ1n) is 15.3. The number of halogens is 2. The van der Waals surface area contributed by atoms with Crippen molar-refractivity contribution in [1.29, 1.82) is 0 Å². The van der Waals surface area contributed by atoms with E-state index in [-0.39, 0.29) is 24.2 Å². The lowest BCUT2D eigenvalue weighted by atomic mass is 9.74. The maximum atomic E-state index is 15.3. The number of aromatic nitrogens is 1. The van der Waals surface area contributed by atoms with Crippen LogP contribution >= 0.6 is 0 Å². The lowest BCUT2D eigenvalue weighted by molar-refractivity contribution is -0.125. The Hall–Kier alpha value is -3.27. The van der Waals surface area contributed by atoms with Crippen LogP contribution in [0.5, 0.6) is 0 Å². The molecule has 1 saturated carbocycles. The van der Waals surface area contributed by atoms with Crippen molar-refractivity contribution in [2.24, 2.45) is 22.7 Å². The van der Waals surface area contributed by atoms with Crippen LogP contribution in [0.2, 0.25) is 0 Å². The number of alkyl halides is 2. The molecule has 226 valence electrons. The first kappa shape index (κ1) is 28.8. The molecule has 1 N–H and O–H groups in total. The Bertz CT molecular complexity index is 1300. The molecule has 5 atom stereocenters. The van der Waals surface area contributed by atoms with Crippen molar-refractivity contribution in [2.45, 2.75) is 52.0 Å². The second kappa shape index (κ2) is 12.5. The van der Waals surface area contributed by atoms with Gasteiger partial charge in [-0.3, -0.25) is 20.1 Å². The fourth-order valence-electron chi connectivity index (χ4n) is 7.12. The lowest BCUT2D eigenvalue weighted by Gasteiger charge is -2.34. The standard InChI is InChI=1S/C32H42F2N6O2/c1-21-3-4-23(30(15-21)38-11-13-42-14-12-38)18-39-10-9-36-32(39)37-31(41)28-20-40(25-7-8-35-22(2)16-25)19-27(28)26-6-5-24(33)17-29(26)34/h3-4,7-8,15-16,24,26-29H,5-6,9-14,17-20H2,1-2H3,(H,36,37,41)/t24-,26?,27?,28-,29?/m1/s1. The Morgan fingerprint density at radius 2 is 1.86 bits per heavy atom. The van der Waals surface area contributed by atoms with Crippen LogP contribution in [0.4, 0.5) is 20.2 Å². The summed E-state index contributed by atoms with van der Waals surface area (Å²) >= 11 is 0. The van der Waals surface area contributed by atoms with E-state index >= 15 is 4.39 Å². The molecular weight excluding hydrogens is 538 g/mol. The number of nitrogens with one attached hydrogen (secondary N) is 1. The first-order chi connectivity index (χ1) is 20.4. The average Bonchev–Trinajstić information content (AvgIpc) is 3.62. The minimum absolute atomic E-state index is 0.0770. The third-order valence-electron chi connectivity index (χ3n) is 9.38. The van der Waals surface area contributed by atoms with Gasteiger partial charge in [0.2, 0.25) is 11.9 Å². The van der Waals surface area contributed by atoms with E-state index in [1.54, 1.807) is 6.20 Å². The SMILES string of the molecule is Cc1ccc(CN2CCN=C2NC(=O)[C@@H]2CN(c3ccnc(C)c3)CC2C2CC[C@@H](F)CC2F)c(N2CCOCC2)c1. The molecule has 2 aromatic rings. The normalized spacial score (nSPS) is 28.2. The van der Waals surface area contributed by atoms with Crippen molar-refractivity contribution in [3.63, 3.8) is 0 Å². The summed E-state index contributed by atoms with van der Waals surface area (Å²) in [6, 6.07) is 10.5. The number of hydrogen-bond acceptors (Lipinski definition) is 7. The van der Waals surface area contributed by atoms with Gasteiger partial charge in [-0.1, -0.05) is 12.1 Å². The molecule has 3 aliphatic heterocycles. The van der Waals surface area contributed by atoms with E-state index in [9.17, 15) is 9.18 Å². The van der Waals surface area contributed by atoms with Gasteiger partial charge in [-0.05, 0) is 67.9 Å². The Morgan fingerprint density at radius 3 is 2.64 bits per heavy atom. The van der Waals surface area contributed by atoms with Crippen LogP contribution in [0, 0.1) is 31.6 Å². The average molecular weight is 581 g/mol. The van der Waals surface area contributed by atoms with Gasteiger partial charge in [0.05, 0.1) is 25.7 Å². The molecule has 6 rings (SSSR count). The third-order valence-corrected chi connectivity index (χ3v) is 9.38. The number of rotatable bonds is 6. The Kier molecular flexibility index (Phi) is 8.60. The number of anilines is 2. The van der Waals surface area contributed by atoms with Gasteiger partial charge < -0.3 is 19.4 Å². The fraction of sp³-hybridized carbons (Fsp3) is 0.594. The van der Waals surface area contributed by atoms with Gasteiger partial charge in [-0.25, -0.2) is 8.78 Å². The highest BCUT2D eigenvalue weighted by Crippen LogP contribution is 2.42. The zero-order valence-corrected chi connectivity index (χ0v) is 24.6. The smallest absolute Gasteiger partial charge is 0.231 e. The number of carbonyl (C=O) groups excluding carboxylic acids is 1. The van der Waals surface area contributed by atoms with Crippen molar-refractivity contribution in [3.05, 3.63) is 53.3 Å². The predicted molar refractivity (Wildman–Crippen MR) is 160 cm³/mol. The van der Waals surface area contributed by atoms with Gasteiger partial charge in [-0.2, -0.15) is 0 Å². The molecule has 0 radical (unpaired) electrons. The highest BCUT2D eigenvalue weighted by molar-refractivity contribution is 5.99. The fourth-order valence-corrected chi connectivity index (χ4v) is 7.12. The van der Waals surface area contributed by atoms with Crippen molar-refractivity contribution in [3.8, 4) is 0 Å². The molecule has 3 fully saturated rings. The molecule has 1 aromatic heterocycles. The maximum absolute atomic E-state index is 15.3. The van der Waals surface area contributed by atoms with Crippen molar-refractivity contribution in [2.75, 3.05) is 62.3 Å². The Labute approximate surface area is 247 Å². The summed E-state index contributed by atoms with van der Waals surface area (Å²) in [5.74, 6) is -0.528. The number of nitrogens with zero attached hydrogens (tertiary/aromatic N) is 5. The second-order valence-electron chi connectivity index (χ2n) is 12.3. The number of aliphatic imine (C=N–C) groups is 1. The summed E-state index contributed by atoms with van der Waals surface area (Å²) in [6.45, 7) is 10.2. The summed E-state index contributed by atoms with van der Waals surface area (Å²) in [5.41, 5.74) is 5.46. The Morgan fingerprint density at radius 1 is 1.02 bits per heavy atom. The highest BCUT2D eigenvalue weighted by atomic mass is 19.1. The molecule has 0 bridgehead atoms. The summed E-state index contributed by atoms with van der Waals surface area (Å²) in [5, 5.41) is 3.15. The van der Waals surface area contributed by atoms with Crippen molar-refractivity contribution < 1.29 is 18.3 Å². The van der Waals surface area contributed by atoms with Gasteiger partial charge in [0.25, 0.3) is 0 Å². The number of carbonyl (C=O) groups is 1. The molecule has 4 heterocycles. The van der Waals surface area contributed by atoms with Crippen LogP contribution in [0.1, 0.15) is 36.1 Å². The summed E-state index contributed by atoms with van der Waals surface area (Å²) < 4.78 is 34.9. The summed E-state index contributed by atoms with van der Waals surface area (Å²) in [7, 11) is 0.